The maximum atomic E-state index is 12.3. The fraction of sp³-hybridized carbons (Fsp3) is 0.176. The highest BCUT2D eigenvalue weighted by Gasteiger charge is 2.11. The van der Waals surface area contributed by atoms with Crippen LogP contribution in [0, 0.1) is 13.8 Å². The van der Waals surface area contributed by atoms with Gasteiger partial charge in [-0.25, -0.2) is 0 Å². The predicted octanol–water partition coefficient (Wildman–Crippen LogP) is 2.97. The molecular weight excluding hydrogens is 370 g/mol. The lowest BCUT2D eigenvalue weighted by Gasteiger charge is -2.08. The Hall–Kier alpha value is -2.54. The van der Waals surface area contributed by atoms with E-state index in [4.69, 9.17) is 0 Å². The summed E-state index contributed by atoms with van der Waals surface area (Å²) in [5, 5.41) is 14.5. The number of tetrazole rings is 1. The van der Waals surface area contributed by atoms with E-state index in [2.05, 4.69) is 36.8 Å². The third-order valence-corrected chi connectivity index (χ3v) is 4.31. The average Bonchev–Trinajstić information content (AvgIpc) is 3.04. The summed E-state index contributed by atoms with van der Waals surface area (Å²) in [7, 11) is 0. The molecule has 3 rings (SSSR count). The number of aryl methyl sites for hydroxylation is 2. The molecule has 0 aliphatic heterocycles. The number of rotatable bonds is 4. The Labute approximate surface area is 148 Å². The van der Waals surface area contributed by atoms with Crippen LogP contribution in [0.15, 0.2) is 46.9 Å². The molecule has 2 aromatic carbocycles. The van der Waals surface area contributed by atoms with Crippen molar-refractivity contribution in [3.63, 3.8) is 0 Å². The second kappa shape index (κ2) is 6.92. The largest absolute Gasteiger partial charge is 0.345 e. The van der Waals surface area contributed by atoms with Gasteiger partial charge in [0.05, 0.1) is 12.2 Å². The molecule has 1 amide bonds. The van der Waals surface area contributed by atoms with Gasteiger partial charge in [-0.2, -0.15) is 4.68 Å². The quantitative estimate of drug-likeness (QED) is 0.748. The van der Waals surface area contributed by atoms with Gasteiger partial charge in [-0.1, -0.05) is 22.0 Å². The van der Waals surface area contributed by atoms with Crippen molar-refractivity contribution in [3.05, 3.63) is 69.5 Å². The Morgan fingerprint density at radius 3 is 2.58 bits per heavy atom. The number of carbonyl (C=O) groups is 1. The van der Waals surface area contributed by atoms with Crippen LogP contribution in [0.25, 0.3) is 5.69 Å². The van der Waals surface area contributed by atoms with Crippen LogP contribution in [0.5, 0.6) is 0 Å². The average molecular weight is 386 g/mol. The fourth-order valence-corrected chi connectivity index (χ4v) is 2.51. The van der Waals surface area contributed by atoms with E-state index in [0.717, 1.165) is 21.3 Å². The SMILES string of the molecule is Cc1ccc(C(=O)NCc2nnnn2-c2ccc(Br)cc2)cc1C. The molecule has 1 aromatic heterocycles. The van der Waals surface area contributed by atoms with Gasteiger partial charge in [0.15, 0.2) is 5.82 Å². The van der Waals surface area contributed by atoms with Crippen LogP contribution in [0.3, 0.4) is 0 Å². The molecule has 0 aliphatic rings. The van der Waals surface area contributed by atoms with Crippen LogP contribution in [-0.2, 0) is 6.54 Å². The molecular formula is C17H16BrN5O. The summed E-state index contributed by atoms with van der Waals surface area (Å²) in [6, 6.07) is 13.3. The molecule has 3 aromatic rings. The van der Waals surface area contributed by atoms with E-state index in [-0.39, 0.29) is 12.5 Å². The van der Waals surface area contributed by atoms with Gasteiger partial charge in [0, 0.05) is 10.0 Å². The summed E-state index contributed by atoms with van der Waals surface area (Å²) < 4.78 is 2.58. The van der Waals surface area contributed by atoms with E-state index in [1.807, 2.05) is 56.3 Å². The van der Waals surface area contributed by atoms with Gasteiger partial charge in [-0.3, -0.25) is 4.79 Å². The molecule has 0 unspecified atom stereocenters. The number of hydrogen-bond donors (Lipinski definition) is 1. The second-order valence-corrected chi connectivity index (χ2v) is 6.38. The zero-order chi connectivity index (χ0) is 17.1. The van der Waals surface area contributed by atoms with Crippen molar-refractivity contribution < 1.29 is 4.79 Å². The number of carbonyl (C=O) groups excluding carboxylic acids is 1. The molecule has 6 nitrogen and oxygen atoms in total. The highest BCUT2D eigenvalue weighted by Crippen LogP contribution is 2.14. The summed E-state index contributed by atoms with van der Waals surface area (Å²) in [6.45, 7) is 4.25. The number of benzene rings is 2. The number of nitrogens with zero attached hydrogens (tertiary/aromatic N) is 4. The van der Waals surface area contributed by atoms with Crippen LogP contribution in [0.1, 0.15) is 27.3 Å². The minimum Gasteiger partial charge on any atom is -0.345 e. The number of hydrogen-bond acceptors (Lipinski definition) is 4. The summed E-state index contributed by atoms with van der Waals surface area (Å²) in [5.74, 6) is 0.415. The summed E-state index contributed by atoms with van der Waals surface area (Å²) in [5.41, 5.74) is 3.70. The summed E-state index contributed by atoms with van der Waals surface area (Å²) in [6.07, 6.45) is 0. The van der Waals surface area contributed by atoms with Crippen LogP contribution < -0.4 is 5.32 Å². The number of halogens is 1. The van der Waals surface area contributed by atoms with E-state index >= 15 is 0 Å². The van der Waals surface area contributed by atoms with Crippen LogP contribution in [0.2, 0.25) is 0 Å². The maximum absolute atomic E-state index is 12.3. The van der Waals surface area contributed by atoms with Crippen LogP contribution >= 0.6 is 15.9 Å². The molecule has 1 N–H and O–H groups in total. The van der Waals surface area contributed by atoms with Crippen molar-refractivity contribution in [2.75, 3.05) is 0 Å². The topological polar surface area (TPSA) is 72.7 Å². The molecule has 122 valence electrons. The molecule has 0 spiro atoms. The van der Waals surface area contributed by atoms with E-state index in [1.165, 1.54) is 0 Å². The standard InChI is InChI=1S/C17H16BrN5O/c1-11-3-4-13(9-12(11)2)17(24)19-10-16-20-21-22-23(16)15-7-5-14(18)6-8-15/h3-9H,10H2,1-2H3,(H,19,24). The lowest BCUT2D eigenvalue weighted by Crippen LogP contribution is -2.24. The lowest BCUT2D eigenvalue weighted by molar-refractivity contribution is 0.0949. The third kappa shape index (κ3) is 3.51. The van der Waals surface area contributed by atoms with Crippen LogP contribution in [0.4, 0.5) is 0 Å². The zero-order valence-electron chi connectivity index (χ0n) is 13.3. The van der Waals surface area contributed by atoms with Gasteiger partial charge in [0.1, 0.15) is 0 Å². The van der Waals surface area contributed by atoms with Gasteiger partial charge in [0.2, 0.25) is 0 Å². The number of aromatic nitrogens is 4. The number of amides is 1. The molecule has 0 saturated carbocycles. The van der Waals surface area contributed by atoms with Gasteiger partial charge >= 0.3 is 0 Å². The van der Waals surface area contributed by atoms with Crippen molar-refractivity contribution in [3.8, 4) is 5.69 Å². The molecule has 0 aliphatic carbocycles. The monoisotopic (exact) mass is 385 g/mol. The Kier molecular flexibility index (Phi) is 4.71. The molecule has 0 fully saturated rings. The molecule has 1 heterocycles. The second-order valence-electron chi connectivity index (χ2n) is 5.47. The van der Waals surface area contributed by atoms with E-state index in [9.17, 15) is 4.79 Å². The normalized spacial score (nSPS) is 10.6. The minimum atomic E-state index is -0.150. The Bertz CT molecular complexity index is 873. The van der Waals surface area contributed by atoms with Gasteiger partial charge in [-0.15, -0.1) is 5.10 Å². The van der Waals surface area contributed by atoms with Gasteiger partial charge in [0.25, 0.3) is 5.91 Å². The van der Waals surface area contributed by atoms with Crippen molar-refractivity contribution in [2.24, 2.45) is 0 Å². The smallest absolute Gasteiger partial charge is 0.251 e. The van der Waals surface area contributed by atoms with Crippen LogP contribution in [-0.4, -0.2) is 26.1 Å². The summed E-state index contributed by atoms with van der Waals surface area (Å²) in [4.78, 5) is 12.3. The first-order valence-corrected chi connectivity index (χ1v) is 8.22. The first kappa shape index (κ1) is 16.3. The first-order valence-electron chi connectivity index (χ1n) is 7.43. The van der Waals surface area contributed by atoms with E-state index in [1.54, 1.807) is 4.68 Å². The molecule has 0 bridgehead atoms. The molecule has 0 saturated heterocycles. The fourth-order valence-electron chi connectivity index (χ4n) is 2.24. The van der Waals surface area contributed by atoms with Crippen molar-refractivity contribution in [2.45, 2.75) is 20.4 Å². The highest BCUT2D eigenvalue weighted by atomic mass is 79.9. The highest BCUT2D eigenvalue weighted by molar-refractivity contribution is 9.10. The van der Waals surface area contributed by atoms with Gasteiger partial charge < -0.3 is 5.32 Å². The van der Waals surface area contributed by atoms with E-state index < -0.39 is 0 Å². The Balaban J connectivity index is 1.73. The lowest BCUT2D eigenvalue weighted by atomic mass is 10.1. The molecule has 24 heavy (non-hydrogen) atoms. The molecule has 7 heteroatoms. The minimum absolute atomic E-state index is 0.150. The molecule has 0 atom stereocenters. The van der Waals surface area contributed by atoms with E-state index in [0.29, 0.717) is 11.4 Å². The molecule has 0 radical (unpaired) electrons. The van der Waals surface area contributed by atoms with Crippen molar-refractivity contribution >= 4 is 21.8 Å². The van der Waals surface area contributed by atoms with Crippen molar-refractivity contribution in [1.29, 1.82) is 0 Å². The van der Waals surface area contributed by atoms with Crippen molar-refractivity contribution in [1.82, 2.24) is 25.5 Å². The Morgan fingerprint density at radius 1 is 1.12 bits per heavy atom. The number of nitrogens with one attached hydrogen (secondary N) is 1. The summed E-state index contributed by atoms with van der Waals surface area (Å²) >= 11 is 3.40. The predicted molar refractivity (Wildman–Crippen MR) is 93.9 cm³/mol. The third-order valence-electron chi connectivity index (χ3n) is 3.78. The first-order chi connectivity index (χ1) is 11.5. The maximum Gasteiger partial charge on any atom is 0.251 e. The Morgan fingerprint density at radius 2 is 1.88 bits per heavy atom. The zero-order valence-corrected chi connectivity index (χ0v) is 14.9. The van der Waals surface area contributed by atoms with Gasteiger partial charge in [-0.05, 0) is 71.8 Å².